The maximum absolute atomic E-state index is 12.3. The molecule has 4 atom stereocenters. The molecule has 2 aromatic carbocycles. The number of aromatic nitrogens is 2. The Balaban J connectivity index is 1.76. The van der Waals surface area contributed by atoms with Crippen LogP contribution in [-0.4, -0.2) is 25.9 Å². The summed E-state index contributed by atoms with van der Waals surface area (Å²) in [6, 6.07) is 16.3. The first-order chi connectivity index (χ1) is 14.3. The molecule has 30 heavy (non-hydrogen) atoms. The van der Waals surface area contributed by atoms with Crippen molar-refractivity contribution in [1.29, 1.82) is 0 Å². The topological polar surface area (TPSA) is 84.6 Å². The molecule has 0 saturated carbocycles. The molecule has 0 spiro atoms. The second-order valence-electron chi connectivity index (χ2n) is 7.80. The first kappa shape index (κ1) is 20.8. The third-order valence-electron chi connectivity index (χ3n) is 5.62. The molecule has 4 rings (SSSR count). The molecule has 1 aliphatic heterocycles. The van der Waals surface area contributed by atoms with Gasteiger partial charge in [-0.25, -0.2) is 4.79 Å². The molecule has 1 aliphatic rings. The largest absolute Gasteiger partial charge is 0.386 e. The standard InChI is InChI=1S/C23H23ClN2O4/c1-14-3-7-16(8-4-14)20(27)21-23(29,17-9-5-15(2)6-10-17)13-19(30-21)26-12-11-18(24)25-22(26)28/h3-12,19-21,27,29H,13H2,1-2H3/t19-,20?,21-,23-/m1/s1. The van der Waals surface area contributed by atoms with Gasteiger partial charge in [0.15, 0.2) is 0 Å². The minimum absolute atomic E-state index is 0.0763. The molecule has 1 fully saturated rings. The van der Waals surface area contributed by atoms with Crippen LogP contribution < -0.4 is 5.69 Å². The van der Waals surface area contributed by atoms with E-state index < -0.39 is 29.7 Å². The summed E-state index contributed by atoms with van der Waals surface area (Å²) in [4.78, 5) is 16.1. The van der Waals surface area contributed by atoms with Crippen molar-refractivity contribution in [3.63, 3.8) is 0 Å². The summed E-state index contributed by atoms with van der Waals surface area (Å²) in [6.07, 6.45) is -1.34. The number of halogens is 1. The highest BCUT2D eigenvalue weighted by atomic mass is 35.5. The maximum Gasteiger partial charge on any atom is 0.351 e. The monoisotopic (exact) mass is 426 g/mol. The molecular formula is C23H23ClN2O4. The van der Waals surface area contributed by atoms with Gasteiger partial charge in [0.05, 0.1) is 0 Å². The van der Waals surface area contributed by atoms with E-state index in [0.717, 1.165) is 11.1 Å². The molecule has 0 radical (unpaired) electrons. The van der Waals surface area contributed by atoms with E-state index in [2.05, 4.69) is 4.98 Å². The van der Waals surface area contributed by atoms with Gasteiger partial charge in [0.25, 0.3) is 0 Å². The third-order valence-corrected chi connectivity index (χ3v) is 5.83. The summed E-state index contributed by atoms with van der Waals surface area (Å²) in [6.45, 7) is 3.92. The van der Waals surface area contributed by atoms with Gasteiger partial charge in [0.1, 0.15) is 29.2 Å². The van der Waals surface area contributed by atoms with Crippen LogP contribution >= 0.6 is 11.6 Å². The van der Waals surface area contributed by atoms with Crippen molar-refractivity contribution in [2.24, 2.45) is 0 Å². The van der Waals surface area contributed by atoms with Crippen LogP contribution in [0.15, 0.2) is 65.6 Å². The predicted molar refractivity (Wildman–Crippen MR) is 113 cm³/mol. The molecule has 0 aliphatic carbocycles. The summed E-state index contributed by atoms with van der Waals surface area (Å²) in [5.41, 5.74) is 1.25. The zero-order chi connectivity index (χ0) is 21.5. The van der Waals surface area contributed by atoms with Gasteiger partial charge in [-0.05, 0) is 31.0 Å². The molecule has 3 aromatic rings. The molecule has 1 saturated heterocycles. The average molecular weight is 427 g/mol. The normalized spacial score (nSPS) is 24.7. The molecule has 0 amide bonds. The predicted octanol–water partition coefficient (Wildman–Crippen LogP) is 3.42. The van der Waals surface area contributed by atoms with Gasteiger partial charge >= 0.3 is 5.69 Å². The second-order valence-corrected chi connectivity index (χ2v) is 8.19. The van der Waals surface area contributed by atoms with E-state index in [4.69, 9.17) is 16.3 Å². The SMILES string of the molecule is Cc1ccc(C(O)[C@H]2O[C@@H](n3ccc(Cl)nc3=O)C[C@@]2(O)c2ccc(C)cc2)cc1. The molecule has 1 aromatic heterocycles. The number of ether oxygens (including phenoxy) is 1. The van der Waals surface area contributed by atoms with Gasteiger partial charge in [0, 0.05) is 12.6 Å². The highest BCUT2D eigenvalue weighted by Gasteiger charge is 2.52. The van der Waals surface area contributed by atoms with Crippen molar-refractivity contribution in [2.75, 3.05) is 0 Å². The Morgan fingerprint density at radius 2 is 1.70 bits per heavy atom. The summed E-state index contributed by atoms with van der Waals surface area (Å²) in [7, 11) is 0. The smallest absolute Gasteiger partial charge is 0.351 e. The summed E-state index contributed by atoms with van der Waals surface area (Å²) < 4.78 is 7.38. The van der Waals surface area contributed by atoms with Crippen LogP contribution in [0.5, 0.6) is 0 Å². The van der Waals surface area contributed by atoms with E-state index in [1.165, 1.54) is 16.8 Å². The first-order valence-corrected chi connectivity index (χ1v) is 10.1. The number of aliphatic hydroxyl groups is 2. The van der Waals surface area contributed by atoms with E-state index in [-0.39, 0.29) is 11.6 Å². The maximum atomic E-state index is 12.3. The number of rotatable bonds is 4. The fraction of sp³-hybridized carbons (Fsp3) is 0.304. The Hall–Kier alpha value is -2.51. The lowest BCUT2D eigenvalue weighted by Crippen LogP contribution is -2.39. The number of hydrogen-bond acceptors (Lipinski definition) is 5. The highest BCUT2D eigenvalue weighted by molar-refractivity contribution is 6.29. The minimum atomic E-state index is -1.51. The Bertz CT molecular complexity index is 1100. The van der Waals surface area contributed by atoms with Gasteiger partial charge in [-0.2, -0.15) is 4.98 Å². The number of benzene rings is 2. The Morgan fingerprint density at radius 1 is 1.10 bits per heavy atom. The Morgan fingerprint density at radius 3 is 2.30 bits per heavy atom. The van der Waals surface area contributed by atoms with Gasteiger partial charge < -0.3 is 14.9 Å². The Kier molecular flexibility index (Phi) is 5.51. The zero-order valence-electron chi connectivity index (χ0n) is 16.7. The fourth-order valence-electron chi connectivity index (χ4n) is 3.89. The van der Waals surface area contributed by atoms with Gasteiger partial charge in [-0.15, -0.1) is 0 Å². The number of nitrogens with zero attached hydrogens (tertiary/aromatic N) is 2. The highest BCUT2D eigenvalue weighted by Crippen LogP contribution is 2.47. The Labute approximate surface area is 179 Å². The van der Waals surface area contributed by atoms with Crippen molar-refractivity contribution in [1.82, 2.24) is 9.55 Å². The van der Waals surface area contributed by atoms with E-state index >= 15 is 0 Å². The molecule has 2 heterocycles. The van der Waals surface area contributed by atoms with Crippen LogP contribution in [0.25, 0.3) is 0 Å². The number of aryl methyl sites for hydroxylation is 2. The number of hydrogen-bond donors (Lipinski definition) is 2. The van der Waals surface area contributed by atoms with E-state index in [1.807, 2.05) is 62.4 Å². The van der Waals surface area contributed by atoms with Crippen LogP contribution in [0.4, 0.5) is 0 Å². The second kappa shape index (κ2) is 7.96. The lowest BCUT2D eigenvalue weighted by Gasteiger charge is -2.32. The van der Waals surface area contributed by atoms with Crippen molar-refractivity contribution in [3.8, 4) is 0 Å². The molecule has 0 bridgehead atoms. The van der Waals surface area contributed by atoms with Crippen LogP contribution in [0, 0.1) is 13.8 Å². The molecule has 6 nitrogen and oxygen atoms in total. The summed E-state index contributed by atoms with van der Waals surface area (Å²) in [5, 5.41) is 22.9. The molecule has 2 N–H and O–H groups in total. The molecular weight excluding hydrogens is 404 g/mol. The van der Waals surface area contributed by atoms with Crippen LogP contribution in [0.1, 0.15) is 41.0 Å². The molecule has 156 valence electrons. The van der Waals surface area contributed by atoms with Crippen LogP contribution in [-0.2, 0) is 10.3 Å². The number of aliphatic hydroxyl groups excluding tert-OH is 1. The average Bonchev–Trinajstić information content (AvgIpc) is 3.06. The van der Waals surface area contributed by atoms with Crippen LogP contribution in [0.2, 0.25) is 5.15 Å². The van der Waals surface area contributed by atoms with Crippen molar-refractivity contribution >= 4 is 11.6 Å². The van der Waals surface area contributed by atoms with Crippen molar-refractivity contribution < 1.29 is 14.9 Å². The lowest BCUT2D eigenvalue weighted by atomic mass is 9.82. The zero-order valence-corrected chi connectivity index (χ0v) is 17.5. The lowest BCUT2D eigenvalue weighted by molar-refractivity contribution is -0.122. The quantitative estimate of drug-likeness (QED) is 0.624. The third kappa shape index (κ3) is 3.79. The van der Waals surface area contributed by atoms with Gasteiger partial charge in [-0.3, -0.25) is 4.57 Å². The van der Waals surface area contributed by atoms with Gasteiger partial charge in [0.2, 0.25) is 0 Å². The van der Waals surface area contributed by atoms with E-state index in [1.54, 1.807) is 0 Å². The van der Waals surface area contributed by atoms with Crippen molar-refractivity contribution in [2.45, 2.75) is 44.3 Å². The summed E-state index contributed by atoms with van der Waals surface area (Å²) in [5.74, 6) is 0. The van der Waals surface area contributed by atoms with Crippen molar-refractivity contribution in [3.05, 3.63) is 98.7 Å². The van der Waals surface area contributed by atoms with Crippen LogP contribution in [0.3, 0.4) is 0 Å². The van der Waals surface area contributed by atoms with E-state index in [9.17, 15) is 15.0 Å². The minimum Gasteiger partial charge on any atom is -0.386 e. The van der Waals surface area contributed by atoms with Gasteiger partial charge in [-0.1, -0.05) is 71.3 Å². The first-order valence-electron chi connectivity index (χ1n) is 9.72. The molecule has 1 unspecified atom stereocenters. The molecule has 7 heteroatoms. The van der Waals surface area contributed by atoms with E-state index in [0.29, 0.717) is 11.1 Å². The summed E-state index contributed by atoms with van der Waals surface area (Å²) >= 11 is 5.81. The fourth-order valence-corrected chi connectivity index (χ4v) is 4.01.